The van der Waals surface area contributed by atoms with E-state index < -0.39 is 0 Å². The van der Waals surface area contributed by atoms with Crippen LogP contribution in [0.5, 0.6) is 0 Å². The first kappa shape index (κ1) is 19.1. The lowest BCUT2D eigenvalue weighted by Gasteiger charge is -2.19. The summed E-state index contributed by atoms with van der Waals surface area (Å²) in [4.78, 5) is 27.5. The Labute approximate surface area is 160 Å². The molecule has 0 bridgehead atoms. The van der Waals surface area contributed by atoms with Crippen LogP contribution in [0.15, 0.2) is 54.6 Å². The van der Waals surface area contributed by atoms with Crippen molar-refractivity contribution in [1.29, 1.82) is 0 Å². The third kappa shape index (κ3) is 4.37. The van der Waals surface area contributed by atoms with E-state index in [1.807, 2.05) is 42.5 Å². The molecule has 1 aliphatic heterocycles. The third-order valence-electron chi connectivity index (χ3n) is 5.16. The summed E-state index contributed by atoms with van der Waals surface area (Å²) in [5.74, 6) is -0.331. The molecule has 142 valence electrons. The number of nitrogens with one attached hydrogen (secondary N) is 1. The monoisotopic (exact) mass is 366 g/mol. The first-order valence-corrected chi connectivity index (χ1v) is 9.28. The molecule has 1 N–H and O–H groups in total. The van der Waals surface area contributed by atoms with Crippen molar-refractivity contribution < 1.29 is 14.3 Å². The van der Waals surface area contributed by atoms with E-state index >= 15 is 0 Å². The molecule has 1 aliphatic rings. The molecule has 1 saturated heterocycles. The number of carbonyl (C=O) groups excluding carboxylic acids is 2. The van der Waals surface area contributed by atoms with Crippen LogP contribution in [0.4, 0.5) is 0 Å². The Morgan fingerprint density at radius 1 is 1.07 bits per heavy atom. The zero-order valence-corrected chi connectivity index (χ0v) is 15.9. The Kier molecular flexibility index (Phi) is 6.24. The van der Waals surface area contributed by atoms with Gasteiger partial charge in [-0.05, 0) is 30.2 Å². The highest BCUT2D eigenvalue weighted by Crippen LogP contribution is 2.35. The molecule has 0 aliphatic carbocycles. The molecule has 5 heteroatoms. The molecule has 5 nitrogen and oxygen atoms in total. The lowest BCUT2D eigenvalue weighted by molar-refractivity contribution is -0.125. The fourth-order valence-corrected chi connectivity index (χ4v) is 3.72. The maximum Gasteiger partial charge on any atom is 0.253 e. The fraction of sp³-hybridized carbons (Fsp3) is 0.364. The summed E-state index contributed by atoms with van der Waals surface area (Å²) in [6.45, 7) is 3.96. The highest BCUT2D eigenvalue weighted by Gasteiger charge is 2.40. The van der Waals surface area contributed by atoms with Crippen LogP contribution in [-0.4, -0.2) is 50.1 Å². The molecule has 1 heterocycles. The molecule has 2 aromatic carbocycles. The normalized spacial score (nSPS) is 19.1. The molecule has 3 rings (SSSR count). The van der Waals surface area contributed by atoms with E-state index in [2.05, 4.69) is 24.4 Å². The second-order valence-corrected chi connectivity index (χ2v) is 6.93. The predicted molar refractivity (Wildman–Crippen MR) is 105 cm³/mol. The van der Waals surface area contributed by atoms with Crippen LogP contribution in [0, 0.1) is 12.8 Å². The second-order valence-electron chi connectivity index (χ2n) is 6.93. The lowest BCUT2D eigenvalue weighted by Crippen LogP contribution is -2.37. The summed E-state index contributed by atoms with van der Waals surface area (Å²) >= 11 is 0. The van der Waals surface area contributed by atoms with E-state index in [1.165, 1.54) is 0 Å². The number of amides is 2. The minimum absolute atomic E-state index is 0.0126. The Morgan fingerprint density at radius 3 is 2.48 bits per heavy atom. The number of hydrogen-bond donors (Lipinski definition) is 1. The largest absolute Gasteiger partial charge is 0.383 e. The maximum atomic E-state index is 12.9. The average molecular weight is 366 g/mol. The topological polar surface area (TPSA) is 58.6 Å². The van der Waals surface area contributed by atoms with Gasteiger partial charge in [-0.3, -0.25) is 9.59 Å². The smallest absolute Gasteiger partial charge is 0.253 e. The van der Waals surface area contributed by atoms with Gasteiger partial charge in [0.05, 0.1) is 12.5 Å². The van der Waals surface area contributed by atoms with Gasteiger partial charge >= 0.3 is 0 Å². The van der Waals surface area contributed by atoms with Crippen molar-refractivity contribution in [2.75, 3.05) is 33.4 Å². The Balaban J connectivity index is 1.83. The van der Waals surface area contributed by atoms with E-state index in [0.717, 1.165) is 11.1 Å². The Morgan fingerprint density at radius 2 is 1.78 bits per heavy atom. The number of carbonyl (C=O) groups is 2. The average Bonchev–Trinajstić information content (AvgIpc) is 3.14. The molecular weight excluding hydrogens is 340 g/mol. The number of ether oxygens (including phenoxy) is 1. The third-order valence-corrected chi connectivity index (χ3v) is 5.16. The number of hydrogen-bond acceptors (Lipinski definition) is 3. The molecular formula is C22H26N2O3. The van der Waals surface area contributed by atoms with Gasteiger partial charge in [0.1, 0.15) is 0 Å². The van der Waals surface area contributed by atoms with Crippen LogP contribution in [0.2, 0.25) is 0 Å². The van der Waals surface area contributed by atoms with Gasteiger partial charge in [0.25, 0.3) is 5.91 Å². The van der Waals surface area contributed by atoms with Gasteiger partial charge in [0, 0.05) is 38.2 Å². The van der Waals surface area contributed by atoms with Gasteiger partial charge < -0.3 is 15.0 Å². The van der Waals surface area contributed by atoms with Crippen molar-refractivity contribution in [1.82, 2.24) is 10.2 Å². The molecule has 2 amide bonds. The van der Waals surface area contributed by atoms with E-state index in [-0.39, 0.29) is 23.7 Å². The number of rotatable bonds is 6. The van der Waals surface area contributed by atoms with E-state index in [4.69, 9.17) is 4.74 Å². The van der Waals surface area contributed by atoms with Crippen LogP contribution in [0.25, 0.3) is 0 Å². The molecule has 1 fully saturated rings. The standard InChI is InChI=1S/C22H26N2O3/c1-16-8-6-7-11-18(16)19-14-24(22(26)17-9-4-3-5-10-17)15-20(19)21(25)23-12-13-27-2/h3-11,19-20H,12-15H2,1-2H3,(H,23,25). The minimum atomic E-state index is -0.268. The molecule has 2 aromatic rings. The first-order valence-electron chi connectivity index (χ1n) is 9.28. The zero-order valence-electron chi connectivity index (χ0n) is 15.9. The zero-order chi connectivity index (χ0) is 19.2. The fourth-order valence-electron chi connectivity index (χ4n) is 3.72. The van der Waals surface area contributed by atoms with Gasteiger partial charge in [-0.15, -0.1) is 0 Å². The predicted octanol–water partition coefficient (Wildman–Crippen LogP) is 2.61. The Hall–Kier alpha value is -2.66. The second kappa shape index (κ2) is 8.82. The van der Waals surface area contributed by atoms with Crippen molar-refractivity contribution in [2.45, 2.75) is 12.8 Å². The van der Waals surface area contributed by atoms with Crippen LogP contribution >= 0.6 is 0 Å². The van der Waals surface area contributed by atoms with Crippen LogP contribution in [0.3, 0.4) is 0 Å². The van der Waals surface area contributed by atoms with Crippen molar-refractivity contribution >= 4 is 11.8 Å². The molecule has 0 saturated carbocycles. The highest BCUT2D eigenvalue weighted by atomic mass is 16.5. The van der Waals surface area contributed by atoms with Crippen molar-refractivity contribution in [3.63, 3.8) is 0 Å². The van der Waals surface area contributed by atoms with Gasteiger partial charge in [0.2, 0.25) is 5.91 Å². The SMILES string of the molecule is COCCNC(=O)C1CN(C(=O)c2ccccc2)CC1c1ccccc1C. The van der Waals surface area contributed by atoms with Gasteiger partial charge in [-0.2, -0.15) is 0 Å². The van der Waals surface area contributed by atoms with Crippen LogP contribution < -0.4 is 5.32 Å². The van der Waals surface area contributed by atoms with Gasteiger partial charge in [-0.25, -0.2) is 0 Å². The number of methoxy groups -OCH3 is 1. The lowest BCUT2D eigenvalue weighted by atomic mass is 9.86. The summed E-state index contributed by atoms with van der Waals surface area (Å²) in [6.07, 6.45) is 0. The quantitative estimate of drug-likeness (QED) is 0.800. The van der Waals surface area contributed by atoms with Crippen molar-refractivity contribution in [2.24, 2.45) is 5.92 Å². The van der Waals surface area contributed by atoms with Crippen molar-refractivity contribution in [3.8, 4) is 0 Å². The first-order chi connectivity index (χ1) is 13.1. The van der Waals surface area contributed by atoms with E-state index in [1.54, 1.807) is 12.0 Å². The summed E-state index contributed by atoms with van der Waals surface area (Å²) in [7, 11) is 1.61. The molecule has 2 atom stereocenters. The summed E-state index contributed by atoms with van der Waals surface area (Å²) in [6, 6.07) is 17.3. The van der Waals surface area contributed by atoms with Gasteiger partial charge in [-0.1, -0.05) is 42.5 Å². The summed E-state index contributed by atoms with van der Waals surface area (Å²) in [5.41, 5.74) is 2.93. The highest BCUT2D eigenvalue weighted by molar-refractivity contribution is 5.95. The Bertz CT molecular complexity index is 791. The molecule has 27 heavy (non-hydrogen) atoms. The van der Waals surface area contributed by atoms with Crippen molar-refractivity contribution in [3.05, 3.63) is 71.3 Å². The molecule has 2 unspecified atom stereocenters. The number of likely N-dealkylation sites (tertiary alicyclic amines) is 1. The molecule has 0 spiro atoms. The van der Waals surface area contributed by atoms with E-state index in [0.29, 0.717) is 31.8 Å². The molecule has 0 radical (unpaired) electrons. The number of nitrogens with zero attached hydrogens (tertiary/aromatic N) is 1. The van der Waals surface area contributed by atoms with Crippen LogP contribution in [0.1, 0.15) is 27.4 Å². The summed E-state index contributed by atoms with van der Waals surface area (Å²) in [5, 5.41) is 2.94. The van der Waals surface area contributed by atoms with E-state index in [9.17, 15) is 9.59 Å². The van der Waals surface area contributed by atoms with Gasteiger partial charge in [0.15, 0.2) is 0 Å². The molecule has 0 aromatic heterocycles. The van der Waals surface area contributed by atoms with Crippen LogP contribution in [-0.2, 0) is 9.53 Å². The minimum Gasteiger partial charge on any atom is -0.383 e. The summed E-state index contributed by atoms with van der Waals surface area (Å²) < 4.78 is 5.02. The maximum absolute atomic E-state index is 12.9. The number of benzene rings is 2. The number of aryl methyl sites for hydroxylation is 1.